The molecule has 0 heterocycles. The number of alkyl halides is 3. The van der Waals surface area contributed by atoms with E-state index in [0.29, 0.717) is 10.0 Å². The molecule has 0 saturated carbocycles. The molecule has 9 heteroatoms. The van der Waals surface area contributed by atoms with Gasteiger partial charge >= 0.3 is 6.18 Å². The van der Waals surface area contributed by atoms with Gasteiger partial charge in [-0.15, -0.1) is 0 Å². The second kappa shape index (κ2) is 8.09. The zero-order valence-corrected chi connectivity index (χ0v) is 15.7. The van der Waals surface area contributed by atoms with Crippen molar-refractivity contribution < 1.29 is 22.8 Å². The highest BCUT2D eigenvalue weighted by Crippen LogP contribution is 2.36. The molecule has 0 spiro atoms. The molecule has 0 aliphatic rings. The fraction of sp³-hybridized carbons (Fsp3) is 0.176. The molecule has 0 saturated heterocycles. The Labute approximate surface area is 161 Å². The number of nitrogens with one attached hydrogen (secondary N) is 1. The summed E-state index contributed by atoms with van der Waals surface area (Å²) < 4.78 is 39.1. The van der Waals surface area contributed by atoms with Crippen LogP contribution in [0.3, 0.4) is 0 Å². The van der Waals surface area contributed by atoms with E-state index in [2.05, 4.69) is 21.2 Å². The summed E-state index contributed by atoms with van der Waals surface area (Å²) in [6.07, 6.45) is -4.63. The second-order valence-electron chi connectivity index (χ2n) is 5.38. The Bertz CT molecular complexity index is 843. The van der Waals surface area contributed by atoms with Crippen LogP contribution in [0.25, 0.3) is 0 Å². The van der Waals surface area contributed by atoms with Gasteiger partial charge in [-0.25, -0.2) is 0 Å². The van der Waals surface area contributed by atoms with Crippen molar-refractivity contribution in [3.63, 3.8) is 0 Å². The molecule has 0 aromatic heterocycles. The normalized spacial score (nSPS) is 11.2. The van der Waals surface area contributed by atoms with E-state index in [1.807, 2.05) is 0 Å². The number of amides is 2. The summed E-state index contributed by atoms with van der Waals surface area (Å²) in [7, 11) is 1.42. The van der Waals surface area contributed by atoms with Gasteiger partial charge in [0.2, 0.25) is 5.91 Å². The van der Waals surface area contributed by atoms with E-state index in [0.717, 1.165) is 17.0 Å². The molecule has 138 valence electrons. The van der Waals surface area contributed by atoms with Crippen LogP contribution in [-0.4, -0.2) is 30.3 Å². The largest absolute Gasteiger partial charge is 0.417 e. The molecular formula is C17H13BrClF3N2O2. The van der Waals surface area contributed by atoms with Crippen LogP contribution >= 0.6 is 27.5 Å². The Balaban J connectivity index is 2.07. The third-order valence-electron chi connectivity index (χ3n) is 3.39. The fourth-order valence-corrected chi connectivity index (χ4v) is 2.83. The number of carbonyl (C=O) groups is 2. The lowest BCUT2D eigenvalue weighted by Crippen LogP contribution is -2.35. The number of hydrogen-bond acceptors (Lipinski definition) is 2. The Morgan fingerprint density at radius 1 is 1.19 bits per heavy atom. The fourth-order valence-electron chi connectivity index (χ4n) is 2.15. The number of hydrogen-bond donors (Lipinski definition) is 1. The summed E-state index contributed by atoms with van der Waals surface area (Å²) in [5.41, 5.74) is -0.739. The monoisotopic (exact) mass is 448 g/mol. The van der Waals surface area contributed by atoms with Crippen LogP contribution in [0.5, 0.6) is 0 Å². The molecule has 2 amide bonds. The lowest BCUT2D eigenvalue weighted by molar-refractivity contribution is -0.137. The predicted molar refractivity (Wildman–Crippen MR) is 96.2 cm³/mol. The highest BCUT2D eigenvalue weighted by molar-refractivity contribution is 9.10. The average molecular weight is 450 g/mol. The summed E-state index contributed by atoms with van der Waals surface area (Å²) in [4.78, 5) is 25.6. The van der Waals surface area contributed by atoms with Crippen molar-refractivity contribution in [2.24, 2.45) is 0 Å². The Kier molecular flexibility index (Phi) is 6.30. The Hall–Kier alpha value is -2.06. The molecule has 1 N–H and O–H groups in total. The number of rotatable bonds is 4. The van der Waals surface area contributed by atoms with Crippen molar-refractivity contribution in [2.75, 3.05) is 18.9 Å². The van der Waals surface area contributed by atoms with Gasteiger partial charge in [0.1, 0.15) is 0 Å². The summed E-state index contributed by atoms with van der Waals surface area (Å²) in [5.74, 6) is -1.04. The topological polar surface area (TPSA) is 49.4 Å². The van der Waals surface area contributed by atoms with Crippen LogP contribution in [0.4, 0.5) is 18.9 Å². The van der Waals surface area contributed by atoms with Crippen LogP contribution in [-0.2, 0) is 11.0 Å². The zero-order chi connectivity index (χ0) is 19.5. The number of benzene rings is 2. The summed E-state index contributed by atoms with van der Waals surface area (Å²) in [6, 6.07) is 9.75. The quantitative estimate of drug-likeness (QED) is 0.727. The maximum atomic E-state index is 12.9. The van der Waals surface area contributed by atoms with Crippen LogP contribution in [0.1, 0.15) is 15.9 Å². The van der Waals surface area contributed by atoms with E-state index in [1.165, 1.54) is 13.1 Å². The molecule has 0 fully saturated rings. The van der Waals surface area contributed by atoms with Crippen molar-refractivity contribution in [3.8, 4) is 0 Å². The van der Waals surface area contributed by atoms with Gasteiger partial charge < -0.3 is 10.2 Å². The molecule has 0 atom stereocenters. The predicted octanol–water partition coefficient (Wildman–Crippen LogP) is 4.83. The lowest BCUT2D eigenvalue weighted by atomic mass is 10.2. The van der Waals surface area contributed by atoms with Gasteiger partial charge in [0.05, 0.1) is 22.7 Å². The molecule has 0 aliphatic heterocycles. The van der Waals surface area contributed by atoms with Crippen LogP contribution < -0.4 is 5.32 Å². The van der Waals surface area contributed by atoms with Gasteiger partial charge in [-0.2, -0.15) is 13.2 Å². The van der Waals surface area contributed by atoms with E-state index in [4.69, 9.17) is 11.6 Å². The molecule has 2 rings (SSSR count). The molecular weight excluding hydrogens is 437 g/mol. The maximum Gasteiger partial charge on any atom is 0.417 e. The van der Waals surface area contributed by atoms with Gasteiger partial charge in [-0.3, -0.25) is 9.59 Å². The molecule has 2 aromatic rings. The first kappa shape index (κ1) is 20.3. The standard InChI is InChI=1S/C17H13BrClF3N2O2/c1-24(16(26)11-4-2-3-5-13(11)18)9-15(25)23-10-6-7-14(19)12(8-10)17(20,21)22/h2-8H,9H2,1H3,(H,23,25). The molecule has 26 heavy (non-hydrogen) atoms. The maximum absolute atomic E-state index is 12.9. The average Bonchev–Trinajstić information content (AvgIpc) is 2.55. The molecule has 4 nitrogen and oxygen atoms in total. The number of nitrogens with zero attached hydrogens (tertiary/aromatic N) is 1. The van der Waals surface area contributed by atoms with Gasteiger partial charge in [0.15, 0.2) is 0 Å². The number of carbonyl (C=O) groups excluding carboxylic acids is 2. The van der Waals surface area contributed by atoms with Crippen molar-refractivity contribution >= 4 is 45.0 Å². The molecule has 0 radical (unpaired) electrons. The number of halogens is 5. The minimum Gasteiger partial charge on any atom is -0.332 e. The van der Waals surface area contributed by atoms with Crippen molar-refractivity contribution in [2.45, 2.75) is 6.18 Å². The summed E-state index contributed by atoms with van der Waals surface area (Å²) >= 11 is 8.79. The van der Waals surface area contributed by atoms with Gasteiger partial charge in [0, 0.05) is 17.2 Å². The number of anilines is 1. The van der Waals surface area contributed by atoms with E-state index in [-0.39, 0.29) is 12.2 Å². The molecule has 2 aromatic carbocycles. The molecule has 0 aliphatic carbocycles. The van der Waals surface area contributed by atoms with Crippen molar-refractivity contribution in [3.05, 3.63) is 63.1 Å². The third kappa shape index (κ3) is 4.98. The van der Waals surface area contributed by atoms with Crippen LogP contribution in [0.15, 0.2) is 46.9 Å². The first-order valence-corrected chi connectivity index (χ1v) is 8.43. The Morgan fingerprint density at radius 2 is 1.85 bits per heavy atom. The first-order valence-electron chi connectivity index (χ1n) is 7.26. The van der Waals surface area contributed by atoms with Gasteiger partial charge in [0.25, 0.3) is 5.91 Å². The SMILES string of the molecule is CN(CC(=O)Nc1ccc(Cl)c(C(F)(F)F)c1)C(=O)c1ccccc1Br. The Morgan fingerprint density at radius 3 is 2.46 bits per heavy atom. The highest BCUT2D eigenvalue weighted by atomic mass is 79.9. The molecule has 0 bridgehead atoms. The van der Waals surface area contributed by atoms with Gasteiger partial charge in [-0.05, 0) is 46.3 Å². The zero-order valence-electron chi connectivity index (χ0n) is 13.4. The lowest BCUT2D eigenvalue weighted by Gasteiger charge is -2.18. The summed E-state index contributed by atoms with van der Waals surface area (Å²) in [6.45, 7) is -0.329. The summed E-state index contributed by atoms with van der Waals surface area (Å²) in [5, 5.41) is 1.87. The second-order valence-corrected chi connectivity index (χ2v) is 6.64. The van der Waals surface area contributed by atoms with Crippen molar-refractivity contribution in [1.29, 1.82) is 0 Å². The smallest absolute Gasteiger partial charge is 0.332 e. The minimum absolute atomic E-state index is 0.0616. The molecule has 0 unspecified atom stereocenters. The van der Waals surface area contributed by atoms with E-state index < -0.39 is 28.6 Å². The van der Waals surface area contributed by atoms with Crippen molar-refractivity contribution in [1.82, 2.24) is 4.90 Å². The third-order valence-corrected chi connectivity index (χ3v) is 4.41. The minimum atomic E-state index is -4.63. The van der Waals surface area contributed by atoms with E-state index >= 15 is 0 Å². The van der Waals surface area contributed by atoms with E-state index in [9.17, 15) is 22.8 Å². The van der Waals surface area contributed by atoms with Crippen LogP contribution in [0.2, 0.25) is 5.02 Å². The van der Waals surface area contributed by atoms with Gasteiger partial charge in [-0.1, -0.05) is 23.7 Å². The number of likely N-dealkylation sites (N-methyl/N-ethyl adjacent to an activating group) is 1. The highest BCUT2D eigenvalue weighted by Gasteiger charge is 2.33. The van der Waals surface area contributed by atoms with E-state index in [1.54, 1.807) is 24.3 Å². The first-order chi connectivity index (χ1) is 12.1. The van der Waals surface area contributed by atoms with Crippen LogP contribution in [0, 0.1) is 0 Å².